The van der Waals surface area contributed by atoms with Crippen LogP contribution in [0.1, 0.15) is 17.3 Å². The first-order valence-electron chi connectivity index (χ1n) is 8.41. The lowest BCUT2D eigenvalue weighted by molar-refractivity contribution is 0.102. The molecule has 3 aromatic rings. The molecule has 0 aliphatic heterocycles. The lowest BCUT2D eigenvalue weighted by atomic mass is 10.2. The molecule has 0 unspecified atom stereocenters. The average molecular weight is 398 g/mol. The van der Waals surface area contributed by atoms with Gasteiger partial charge >= 0.3 is 0 Å². The molecule has 0 saturated carbocycles. The number of carbonyl (C=O) groups excluding carboxylic acids is 1. The van der Waals surface area contributed by atoms with Crippen LogP contribution < -0.4 is 14.8 Å². The molecular formula is C19H18N4O4S. The van der Waals surface area contributed by atoms with Gasteiger partial charge in [-0.1, -0.05) is 0 Å². The molecule has 9 heteroatoms. The molecular weight excluding hydrogens is 380 g/mol. The van der Waals surface area contributed by atoms with E-state index in [-0.39, 0.29) is 4.90 Å². The highest BCUT2D eigenvalue weighted by molar-refractivity contribution is 7.92. The van der Waals surface area contributed by atoms with Crippen LogP contribution in [0.15, 0.2) is 72.0 Å². The van der Waals surface area contributed by atoms with Crippen LogP contribution >= 0.6 is 0 Å². The van der Waals surface area contributed by atoms with E-state index in [2.05, 4.69) is 20.0 Å². The minimum Gasteiger partial charge on any atom is -0.476 e. The fourth-order valence-corrected chi connectivity index (χ4v) is 3.41. The van der Waals surface area contributed by atoms with Gasteiger partial charge in [0.25, 0.3) is 15.9 Å². The summed E-state index contributed by atoms with van der Waals surface area (Å²) in [7, 11) is -3.77. The smallest absolute Gasteiger partial charge is 0.261 e. The molecule has 2 aromatic heterocycles. The molecule has 1 aromatic carbocycles. The number of rotatable bonds is 7. The topological polar surface area (TPSA) is 110 Å². The van der Waals surface area contributed by atoms with E-state index in [1.165, 1.54) is 36.7 Å². The molecule has 28 heavy (non-hydrogen) atoms. The van der Waals surface area contributed by atoms with Crippen LogP contribution in [-0.4, -0.2) is 30.9 Å². The predicted molar refractivity (Wildman–Crippen MR) is 105 cm³/mol. The number of nitrogens with zero attached hydrogens (tertiary/aromatic N) is 2. The summed E-state index contributed by atoms with van der Waals surface area (Å²) in [5, 5.41) is 2.71. The van der Waals surface area contributed by atoms with E-state index in [4.69, 9.17) is 4.74 Å². The van der Waals surface area contributed by atoms with Gasteiger partial charge in [-0.3, -0.25) is 14.5 Å². The van der Waals surface area contributed by atoms with E-state index in [1.807, 2.05) is 6.92 Å². The second kappa shape index (κ2) is 8.49. The number of sulfonamides is 1. The number of ether oxygens (including phenoxy) is 1. The molecule has 0 spiro atoms. The SMILES string of the molecule is CCOc1ncccc1NC(=O)c1ccc(S(=O)(=O)Nc2ccncc2)cc1. The highest BCUT2D eigenvalue weighted by atomic mass is 32.2. The van der Waals surface area contributed by atoms with Gasteiger partial charge in [-0.25, -0.2) is 13.4 Å². The first-order valence-corrected chi connectivity index (χ1v) is 9.90. The molecule has 2 heterocycles. The Morgan fingerprint density at radius 2 is 1.75 bits per heavy atom. The molecule has 2 N–H and O–H groups in total. The standard InChI is InChI=1S/C19H18N4O4S/c1-2-27-19-17(4-3-11-21-19)22-18(24)14-5-7-16(8-6-14)28(25,26)23-15-9-12-20-13-10-15/h3-13H,2H2,1H3,(H,20,23)(H,22,24). The fraction of sp³-hybridized carbons (Fsp3) is 0.105. The zero-order chi connectivity index (χ0) is 20.0. The Labute approximate surface area is 162 Å². The number of anilines is 2. The molecule has 0 bridgehead atoms. The summed E-state index contributed by atoms with van der Waals surface area (Å²) in [6, 6.07) is 12.1. The van der Waals surface area contributed by atoms with E-state index in [9.17, 15) is 13.2 Å². The van der Waals surface area contributed by atoms with Gasteiger partial charge < -0.3 is 10.1 Å². The number of nitrogens with one attached hydrogen (secondary N) is 2. The minimum atomic E-state index is -3.77. The zero-order valence-corrected chi connectivity index (χ0v) is 15.8. The van der Waals surface area contributed by atoms with Crippen molar-refractivity contribution in [1.82, 2.24) is 9.97 Å². The number of carbonyl (C=O) groups is 1. The quantitative estimate of drug-likeness (QED) is 0.633. The van der Waals surface area contributed by atoms with Crippen molar-refractivity contribution in [2.24, 2.45) is 0 Å². The second-order valence-electron chi connectivity index (χ2n) is 5.61. The third kappa shape index (κ3) is 4.63. The van der Waals surface area contributed by atoms with Crippen LogP contribution in [0.5, 0.6) is 5.88 Å². The molecule has 8 nitrogen and oxygen atoms in total. The maximum atomic E-state index is 12.5. The Kier molecular flexibility index (Phi) is 5.85. The first-order chi connectivity index (χ1) is 13.5. The summed E-state index contributed by atoms with van der Waals surface area (Å²) in [5.41, 5.74) is 1.14. The fourth-order valence-electron chi connectivity index (χ4n) is 2.35. The molecule has 0 saturated heterocycles. The van der Waals surface area contributed by atoms with Gasteiger partial charge in [-0.05, 0) is 55.5 Å². The molecule has 144 valence electrons. The van der Waals surface area contributed by atoms with Crippen LogP contribution in [0, 0.1) is 0 Å². The van der Waals surface area contributed by atoms with Gasteiger partial charge in [0.1, 0.15) is 5.69 Å². The molecule has 0 radical (unpaired) electrons. The highest BCUT2D eigenvalue weighted by Crippen LogP contribution is 2.22. The van der Waals surface area contributed by atoms with Crippen molar-refractivity contribution in [3.8, 4) is 5.88 Å². The van der Waals surface area contributed by atoms with Gasteiger partial charge in [0, 0.05) is 24.2 Å². The maximum absolute atomic E-state index is 12.5. The zero-order valence-electron chi connectivity index (χ0n) is 15.0. The van der Waals surface area contributed by atoms with E-state index in [0.717, 1.165) is 0 Å². The largest absolute Gasteiger partial charge is 0.476 e. The number of benzene rings is 1. The monoisotopic (exact) mass is 398 g/mol. The number of pyridine rings is 2. The van der Waals surface area contributed by atoms with Gasteiger partial charge in [-0.2, -0.15) is 0 Å². The number of aromatic nitrogens is 2. The van der Waals surface area contributed by atoms with Gasteiger partial charge in [0.15, 0.2) is 0 Å². The van der Waals surface area contributed by atoms with Gasteiger partial charge in [0.2, 0.25) is 5.88 Å². The van der Waals surface area contributed by atoms with Crippen molar-refractivity contribution in [1.29, 1.82) is 0 Å². The van der Waals surface area contributed by atoms with Gasteiger partial charge in [0.05, 0.1) is 17.2 Å². The summed E-state index contributed by atoms with van der Waals surface area (Å²) in [5.74, 6) is -0.0842. The van der Waals surface area contributed by atoms with Crippen LogP contribution in [-0.2, 0) is 10.0 Å². The Balaban J connectivity index is 1.74. The van der Waals surface area contributed by atoms with Crippen molar-refractivity contribution in [2.45, 2.75) is 11.8 Å². The number of hydrogen-bond acceptors (Lipinski definition) is 6. The minimum absolute atomic E-state index is 0.0391. The predicted octanol–water partition coefficient (Wildman–Crippen LogP) is 2.93. The summed E-state index contributed by atoms with van der Waals surface area (Å²) in [6.07, 6.45) is 4.54. The lowest BCUT2D eigenvalue weighted by Crippen LogP contribution is -2.15. The second-order valence-corrected chi connectivity index (χ2v) is 7.29. The Morgan fingerprint density at radius 3 is 2.43 bits per heavy atom. The van der Waals surface area contributed by atoms with Crippen molar-refractivity contribution in [3.63, 3.8) is 0 Å². The van der Waals surface area contributed by atoms with Crippen molar-refractivity contribution in [3.05, 3.63) is 72.7 Å². The molecule has 0 aliphatic rings. The third-order valence-corrected chi connectivity index (χ3v) is 5.06. The molecule has 1 amide bonds. The third-order valence-electron chi connectivity index (χ3n) is 3.66. The summed E-state index contributed by atoms with van der Waals surface area (Å²) < 4.78 is 32.7. The average Bonchev–Trinajstić information content (AvgIpc) is 2.70. The maximum Gasteiger partial charge on any atom is 0.261 e. The van der Waals surface area contributed by atoms with E-state index < -0.39 is 15.9 Å². The van der Waals surface area contributed by atoms with Crippen LogP contribution in [0.2, 0.25) is 0 Å². The highest BCUT2D eigenvalue weighted by Gasteiger charge is 2.16. The molecule has 3 rings (SSSR count). The van der Waals surface area contributed by atoms with Crippen molar-refractivity contribution in [2.75, 3.05) is 16.6 Å². The van der Waals surface area contributed by atoms with Crippen LogP contribution in [0.3, 0.4) is 0 Å². The summed E-state index contributed by atoms with van der Waals surface area (Å²) in [4.78, 5) is 20.4. The number of hydrogen-bond donors (Lipinski definition) is 2. The van der Waals surface area contributed by atoms with E-state index in [1.54, 1.807) is 30.5 Å². The number of amides is 1. The normalized spacial score (nSPS) is 10.9. The van der Waals surface area contributed by atoms with E-state index >= 15 is 0 Å². The summed E-state index contributed by atoms with van der Waals surface area (Å²) in [6.45, 7) is 2.23. The van der Waals surface area contributed by atoms with Gasteiger partial charge in [-0.15, -0.1) is 0 Å². The molecule has 0 aliphatic carbocycles. The molecule has 0 fully saturated rings. The van der Waals surface area contributed by atoms with E-state index in [0.29, 0.717) is 29.4 Å². The Morgan fingerprint density at radius 1 is 1.04 bits per heavy atom. The van der Waals surface area contributed by atoms with Crippen LogP contribution in [0.25, 0.3) is 0 Å². The van der Waals surface area contributed by atoms with Crippen LogP contribution in [0.4, 0.5) is 11.4 Å². The summed E-state index contributed by atoms with van der Waals surface area (Å²) >= 11 is 0. The lowest BCUT2D eigenvalue weighted by Gasteiger charge is -2.11. The molecule has 0 atom stereocenters. The van der Waals surface area contributed by atoms with Crippen molar-refractivity contribution >= 4 is 27.3 Å². The Hall–Kier alpha value is -3.46. The van der Waals surface area contributed by atoms with Crippen molar-refractivity contribution < 1.29 is 17.9 Å². The first kappa shape index (κ1) is 19.3. The Bertz CT molecular complexity index is 1050.